The van der Waals surface area contributed by atoms with E-state index in [1.165, 1.54) is 0 Å². The third-order valence-corrected chi connectivity index (χ3v) is 2.13. The fourth-order valence-electron chi connectivity index (χ4n) is 1.17. The second kappa shape index (κ2) is 4.95. The Labute approximate surface area is 86.8 Å². The fraction of sp³-hybridized carbons (Fsp3) is 0.625. The molecule has 0 aromatic carbocycles. The zero-order chi connectivity index (χ0) is 10.6. The lowest BCUT2D eigenvalue weighted by Crippen LogP contribution is -1.99. The molecule has 1 rings (SSSR count). The Morgan fingerprint density at radius 2 is 2.36 bits per heavy atom. The summed E-state index contributed by atoms with van der Waals surface area (Å²) in [5.74, 6) is 0.554. The van der Waals surface area contributed by atoms with Gasteiger partial charge < -0.3 is 10.1 Å². The summed E-state index contributed by atoms with van der Waals surface area (Å²) in [6.07, 6.45) is 3.47. The van der Waals surface area contributed by atoms with Gasteiger partial charge in [-0.2, -0.15) is 4.68 Å². The molecule has 0 bridgehead atoms. The van der Waals surface area contributed by atoms with Crippen LogP contribution in [0.4, 0.5) is 5.82 Å². The third kappa shape index (κ3) is 2.70. The molecular weight excluding hydrogens is 206 g/mol. The number of aryl methyl sites for hydroxylation is 2. The van der Waals surface area contributed by atoms with Crippen LogP contribution in [0.3, 0.4) is 0 Å². The average Bonchev–Trinajstić information content (AvgIpc) is 2.47. The minimum absolute atomic E-state index is 0.0594. The first kappa shape index (κ1) is 11.0. The van der Waals surface area contributed by atoms with Crippen molar-refractivity contribution >= 4 is 17.4 Å². The molecule has 0 atom stereocenters. The summed E-state index contributed by atoms with van der Waals surface area (Å²) in [6.45, 7) is 2.37. The van der Waals surface area contributed by atoms with Gasteiger partial charge in [0.05, 0.1) is 23.4 Å². The van der Waals surface area contributed by atoms with Crippen molar-refractivity contribution in [3.8, 4) is 0 Å². The second-order valence-electron chi connectivity index (χ2n) is 3.05. The lowest BCUT2D eigenvalue weighted by Gasteiger charge is -1.93. The van der Waals surface area contributed by atoms with E-state index in [9.17, 15) is 10.1 Å². The molecule has 0 aliphatic rings. The van der Waals surface area contributed by atoms with Gasteiger partial charge in [0, 0.05) is 5.88 Å². The van der Waals surface area contributed by atoms with E-state index >= 15 is 0 Å². The number of nitro groups is 1. The molecule has 0 saturated heterocycles. The molecule has 78 valence electrons. The first-order valence-electron chi connectivity index (χ1n) is 4.39. The van der Waals surface area contributed by atoms with Gasteiger partial charge in [-0.25, -0.2) is 0 Å². The smallest absolute Gasteiger partial charge is 0.358 e. The Hall–Kier alpha value is -1.10. The molecule has 14 heavy (non-hydrogen) atoms. The minimum Gasteiger partial charge on any atom is -0.358 e. The minimum atomic E-state index is -0.465. The molecule has 0 saturated carbocycles. The molecular formula is C8H12ClN3O2. The molecule has 0 aliphatic carbocycles. The predicted octanol–water partition coefficient (Wildman–Crippen LogP) is 2.12. The Balaban J connectivity index is 2.62. The fourth-order valence-corrected chi connectivity index (χ4v) is 1.36. The number of aromatic nitrogens is 2. The molecule has 0 spiro atoms. The highest BCUT2D eigenvalue weighted by atomic mass is 35.5. The van der Waals surface area contributed by atoms with Gasteiger partial charge in [-0.3, -0.25) is 0 Å². The van der Waals surface area contributed by atoms with Crippen LogP contribution in [-0.4, -0.2) is 20.6 Å². The van der Waals surface area contributed by atoms with E-state index in [1.54, 1.807) is 17.8 Å². The van der Waals surface area contributed by atoms with Crippen LogP contribution in [-0.2, 0) is 6.54 Å². The van der Waals surface area contributed by atoms with Gasteiger partial charge in [-0.15, -0.1) is 11.6 Å². The molecule has 5 nitrogen and oxygen atoms in total. The zero-order valence-electron chi connectivity index (χ0n) is 7.94. The van der Waals surface area contributed by atoms with Gasteiger partial charge >= 0.3 is 5.82 Å². The van der Waals surface area contributed by atoms with Crippen molar-refractivity contribution < 1.29 is 4.92 Å². The monoisotopic (exact) mass is 217 g/mol. The maximum Gasteiger partial charge on any atom is 0.392 e. The van der Waals surface area contributed by atoms with Crippen LogP contribution in [0.15, 0.2) is 6.20 Å². The van der Waals surface area contributed by atoms with Gasteiger partial charge in [0.2, 0.25) is 0 Å². The first-order chi connectivity index (χ1) is 6.65. The van der Waals surface area contributed by atoms with E-state index in [4.69, 9.17) is 11.6 Å². The SMILES string of the molecule is Cc1cn(CCCCCl)nc1[N+](=O)[O-]. The van der Waals surface area contributed by atoms with E-state index in [2.05, 4.69) is 5.10 Å². The quantitative estimate of drug-likeness (QED) is 0.329. The first-order valence-corrected chi connectivity index (χ1v) is 4.93. The standard InChI is InChI=1S/C8H12ClN3O2/c1-7-6-11(5-3-2-4-9)10-8(7)12(13)14/h6H,2-5H2,1H3. The largest absolute Gasteiger partial charge is 0.392 e. The molecule has 0 amide bonds. The number of hydrogen-bond acceptors (Lipinski definition) is 3. The maximum absolute atomic E-state index is 10.5. The Kier molecular flexibility index (Phi) is 3.88. The van der Waals surface area contributed by atoms with E-state index in [0.717, 1.165) is 12.8 Å². The summed E-state index contributed by atoms with van der Waals surface area (Å²) in [5.41, 5.74) is 0.598. The number of unbranched alkanes of at least 4 members (excludes halogenated alkanes) is 1. The predicted molar refractivity (Wildman–Crippen MR) is 53.6 cm³/mol. The molecule has 6 heteroatoms. The molecule has 1 heterocycles. The van der Waals surface area contributed by atoms with Gasteiger partial charge in [0.25, 0.3) is 0 Å². The van der Waals surface area contributed by atoms with Crippen molar-refractivity contribution in [2.75, 3.05) is 5.88 Å². The topological polar surface area (TPSA) is 61.0 Å². The van der Waals surface area contributed by atoms with Crippen LogP contribution in [0, 0.1) is 17.0 Å². The summed E-state index contributed by atoms with van der Waals surface area (Å²) in [4.78, 5) is 10.0. The highest BCUT2D eigenvalue weighted by Crippen LogP contribution is 2.14. The molecule has 0 aliphatic heterocycles. The number of halogens is 1. The van der Waals surface area contributed by atoms with Crippen LogP contribution in [0.1, 0.15) is 18.4 Å². The van der Waals surface area contributed by atoms with Crippen molar-refractivity contribution in [2.24, 2.45) is 0 Å². The summed E-state index contributed by atoms with van der Waals surface area (Å²) >= 11 is 5.52. The van der Waals surface area contributed by atoms with Crippen LogP contribution >= 0.6 is 11.6 Å². The van der Waals surface area contributed by atoms with E-state index in [1.807, 2.05) is 0 Å². The summed E-state index contributed by atoms with van der Waals surface area (Å²) in [7, 11) is 0. The summed E-state index contributed by atoms with van der Waals surface area (Å²) in [6, 6.07) is 0. The van der Waals surface area contributed by atoms with Crippen molar-refractivity contribution in [3.05, 3.63) is 21.9 Å². The van der Waals surface area contributed by atoms with Gasteiger partial charge in [-0.1, -0.05) is 0 Å². The van der Waals surface area contributed by atoms with Gasteiger partial charge in [0.1, 0.15) is 0 Å². The zero-order valence-corrected chi connectivity index (χ0v) is 8.70. The molecule has 0 fully saturated rings. The second-order valence-corrected chi connectivity index (χ2v) is 3.43. The van der Waals surface area contributed by atoms with Crippen molar-refractivity contribution in [1.82, 2.24) is 9.78 Å². The molecule has 0 unspecified atom stereocenters. The Morgan fingerprint density at radius 1 is 1.64 bits per heavy atom. The third-order valence-electron chi connectivity index (χ3n) is 1.86. The van der Waals surface area contributed by atoms with Crippen LogP contribution in [0.5, 0.6) is 0 Å². The number of rotatable bonds is 5. The lowest BCUT2D eigenvalue weighted by molar-refractivity contribution is -0.390. The van der Waals surface area contributed by atoms with Crippen LogP contribution in [0.25, 0.3) is 0 Å². The number of nitrogens with zero attached hydrogens (tertiary/aromatic N) is 3. The normalized spacial score (nSPS) is 10.4. The number of alkyl halides is 1. The highest BCUT2D eigenvalue weighted by Gasteiger charge is 2.16. The van der Waals surface area contributed by atoms with Crippen molar-refractivity contribution in [2.45, 2.75) is 26.3 Å². The Morgan fingerprint density at radius 3 is 2.86 bits per heavy atom. The van der Waals surface area contributed by atoms with Crippen LogP contribution < -0.4 is 0 Å². The molecule has 1 aromatic rings. The van der Waals surface area contributed by atoms with E-state index in [-0.39, 0.29) is 5.82 Å². The van der Waals surface area contributed by atoms with E-state index < -0.39 is 4.92 Å². The maximum atomic E-state index is 10.5. The van der Waals surface area contributed by atoms with Gasteiger partial charge in [-0.05, 0) is 24.7 Å². The Bertz CT molecular complexity index is 324. The molecule has 0 N–H and O–H groups in total. The molecule has 1 aromatic heterocycles. The van der Waals surface area contributed by atoms with E-state index in [0.29, 0.717) is 18.0 Å². The highest BCUT2D eigenvalue weighted by molar-refractivity contribution is 6.17. The average molecular weight is 218 g/mol. The summed E-state index contributed by atoms with van der Waals surface area (Å²) in [5, 5.41) is 14.3. The van der Waals surface area contributed by atoms with Crippen molar-refractivity contribution in [3.63, 3.8) is 0 Å². The van der Waals surface area contributed by atoms with Gasteiger partial charge in [0.15, 0.2) is 0 Å². The van der Waals surface area contributed by atoms with Crippen molar-refractivity contribution in [1.29, 1.82) is 0 Å². The summed E-state index contributed by atoms with van der Waals surface area (Å²) < 4.78 is 1.60. The van der Waals surface area contributed by atoms with Crippen LogP contribution in [0.2, 0.25) is 0 Å². The number of hydrogen-bond donors (Lipinski definition) is 0. The molecule has 0 radical (unpaired) electrons. The lowest BCUT2D eigenvalue weighted by atomic mass is 10.3.